The highest BCUT2D eigenvalue weighted by Gasteiger charge is 2.25. The van der Waals surface area contributed by atoms with Gasteiger partial charge >= 0.3 is 5.97 Å². The highest BCUT2D eigenvalue weighted by Crippen LogP contribution is 2.07. The van der Waals surface area contributed by atoms with Crippen LogP contribution in [0.3, 0.4) is 0 Å². The Morgan fingerprint density at radius 1 is 1.19 bits per heavy atom. The number of amides is 2. The minimum Gasteiger partial charge on any atom is -0.480 e. The summed E-state index contributed by atoms with van der Waals surface area (Å²) in [6.07, 6.45) is 0.633. The van der Waals surface area contributed by atoms with Crippen LogP contribution in [0.25, 0.3) is 0 Å². The number of nitrogens with one attached hydrogen (secondary N) is 2. The normalized spacial score (nSPS) is 13.0. The van der Waals surface area contributed by atoms with Crippen LogP contribution >= 0.6 is 0 Å². The Kier molecular flexibility index (Phi) is 6.39. The summed E-state index contributed by atoms with van der Waals surface area (Å²) in [5.41, 5.74) is 0.446. The van der Waals surface area contributed by atoms with Crippen LogP contribution in [-0.2, 0) is 9.59 Å². The van der Waals surface area contributed by atoms with Crippen LogP contribution in [0.2, 0.25) is 0 Å². The first kappa shape index (κ1) is 16.7. The van der Waals surface area contributed by atoms with Gasteiger partial charge in [0.15, 0.2) is 0 Å². The Bertz CT molecular complexity index is 502. The van der Waals surface area contributed by atoms with Crippen molar-refractivity contribution >= 4 is 17.8 Å². The van der Waals surface area contributed by atoms with E-state index in [4.69, 9.17) is 5.11 Å². The Morgan fingerprint density at radius 2 is 1.81 bits per heavy atom. The number of carboxylic acid groups (broad SMARTS) is 1. The molecule has 6 nitrogen and oxygen atoms in total. The van der Waals surface area contributed by atoms with Gasteiger partial charge in [0.1, 0.15) is 6.04 Å². The van der Waals surface area contributed by atoms with Gasteiger partial charge in [-0.05, 0) is 18.1 Å². The molecule has 21 heavy (non-hydrogen) atoms. The second-order valence-corrected chi connectivity index (χ2v) is 4.82. The van der Waals surface area contributed by atoms with Gasteiger partial charge < -0.3 is 15.7 Å². The van der Waals surface area contributed by atoms with Crippen LogP contribution in [-0.4, -0.2) is 35.5 Å². The monoisotopic (exact) mass is 292 g/mol. The summed E-state index contributed by atoms with van der Waals surface area (Å²) in [6.45, 7) is 3.35. The molecule has 1 aromatic rings. The van der Waals surface area contributed by atoms with Gasteiger partial charge in [0.25, 0.3) is 5.91 Å². The number of aliphatic carboxylic acids is 1. The quantitative estimate of drug-likeness (QED) is 0.699. The summed E-state index contributed by atoms with van der Waals surface area (Å²) in [4.78, 5) is 34.6. The molecule has 2 unspecified atom stereocenters. The van der Waals surface area contributed by atoms with E-state index in [-0.39, 0.29) is 18.4 Å². The van der Waals surface area contributed by atoms with Gasteiger partial charge in [-0.25, -0.2) is 4.79 Å². The molecule has 0 saturated heterocycles. The van der Waals surface area contributed by atoms with Gasteiger partial charge in [0, 0.05) is 5.56 Å². The molecule has 2 atom stereocenters. The third-order valence-corrected chi connectivity index (χ3v) is 3.24. The molecule has 114 valence electrons. The molecule has 0 aromatic heterocycles. The number of hydrogen-bond acceptors (Lipinski definition) is 3. The Morgan fingerprint density at radius 3 is 2.33 bits per heavy atom. The summed E-state index contributed by atoms with van der Waals surface area (Å²) in [5.74, 6) is -2.16. The zero-order valence-electron chi connectivity index (χ0n) is 12.1. The molecule has 3 N–H and O–H groups in total. The molecule has 0 aliphatic rings. The minimum absolute atomic E-state index is 0.184. The third-order valence-electron chi connectivity index (χ3n) is 3.24. The predicted octanol–water partition coefficient (Wildman–Crippen LogP) is 1.03. The van der Waals surface area contributed by atoms with E-state index < -0.39 is 17.9 Å². The van der Waals surface area contributed by atoms with Gasteiger partial charge in [0.2, 0.25) is 5.91 Å². The number of rotatable bonds is 7. The summed E-state index contributed by atoms with van der Waals surface area (Å²) in [6, 6.07) is 7.54. The minimum atomic E-state index is -1.08. The molecule has 6 heteroatoms. The van der Waals surface area contributed by atoms with Crippen molar-refractivity contribution in [1.29, 1.82) is 0 Å². The SMILES string of the molecule is CCC(C)C(NC(=O)CNC(=O)c1ccccc1)C(=O)O. The predicted molar refractivity (Wildman–Crippen MR) is 77.8 cm³/mol. The average Bonchev–Trinajstić information content (AvgIpc) is 2.50. The lowest BCUT2D eigenvalue weighted by atomic mass is 9.99. The smallest absolute Gasteiger partial charge is 0.326 e. The first-order valence-corrected chi connectivity index (χ1v) is 6.81. The molecule has 2 amide bonds. The first-order chi connectivity index (χ1) is 9.95. The molecular weight excluding hydrogens is 272 g/mol. The average molecular weight is 292 g/mol. The zero-order chi connectivity index (χ0) is 15.8. The van der Waals surface area contributed by atoms with E-state index in [0.29, 0.717) is 12.0 Å². The van der Waals surface area contributed by atoms with Gasteiger partial charge in [-0.1, -0.05) is 38.5 Å². The molecule has 0 aliphatic carbocycles. The maximum Gasteiger partial charge on any atom is 0.326 e. The number of benzene rings is 1. The van der Waals surface area contributed by atoms with Crippen molar-refractivity contribution in [3.8, 4) is 0 Å². The topological polar surface area (TPSA) is 95.5 Å². The van der Waals surface area contributed by atoms with Gasteiger partial charge in [0.05, 0.1) is 6.54 Å². The number of carboxylic acids is 1. The van der Waals surface area contributed by atoms with E-state index in [9.17, 15) is 14.4 Å². The fourth-order valence-electron chi connectivity index (χ4n) is 1.76. The zero-order valence-corrected chi connectivity index (χ0v) is 12.1. The summed E-state index contributed by atoms with van der Waals surface area (Å²) in [7, 11) is 0. The van der Waals surface area contributed by atoms with Crippen LogP contribution in [0.5, 0.6) is 0 Å². The first-order valence-electron chi connectivity index (χ1n) is 6.81. The molecule has 0 fully saturated rings. The Hall–Kier alpha value is -2.37. The summed E-state index contributed by atoms with van der Waals surface area (Å²) >= 11 is 0. The third kappa shape index (κ3) is 5.25. The van der Waals surface area contributed by atoms with Crippen molar-refractivity contribution < 1.29 is 19.5 Å². The van der Waals surface area contributed by atoms with Crippen molar-refractivity contribution in [2.45, 2.75) is 26.3 Å². The number of carbonyl (C=O) groups excluding carboxylic acids is 2. The lowest BCUT2D eigenvalue weighted by Gasteiger charge is -2.20. The lowest BCUT2D eigenvalue weighted by Crippen LogP contribution is -2.48. The van der Waals surface area contributed by atoms with Crippen molar-refractivity contribution in [2.24, 2.45) is 5.92 Å². The molecule has 0 saturated carbocycles. The number of carbonyl (C=O) groups is 3. The molecule has 1 aromatic carbocycles. The van der Waals surface area contributed by atoms with Gasteiger partial charge in [-0.3, -0.25) is 9.59 Å². The van der Waals surface area contributed by atoms with E-state index in [2.05, 4.69) is 10.6 Å². The van der Waals surface area contributed by atoms with Crippen LogP contribution in [0.4, 0.5) is 0 Å². The van der Waals surface area contributed by atoms with E-state index in [1.54, 1.807) is 37.3 Å². The molecular formula is C15H20N2O4. The van der Waals surface area contributed by atoms with Crippen molar-refractivity contribution in [2.75, 3.05) is 6.54 Å². The maximum absolute atomic E-state index is 11.8. The largest absolute Gasteiger partial charge is 0.480 e. The Labute approximate surface area is 123 Å². The van der Waals surface area contributed by atoms with Crippen LogP contribution < -0.4 is 10.6 Å². The van der Waals surface area contributed by atoms with Gasteiger partial charge in [-0.15, -0.1) is 0 Å². The fourth-order valence-corrected chi connectivity index (χ4v) is 1.76. The van der Waals surface area contributed by atoms with Crippen molar-refractivity contribution in [1.82, 2.24) is 10.6 Å². The molecule has 0 bridgehead atoms. The van der Waals surface area contributed by atoms with Gasteiger partial charge in [-0.2, -0.15) is 0 Å². The lowest BCUT2D eigenvalue weighted by molar-refractivity contribution is -0.143. The second-order valence-electron chi connectivity index (χ2n) is 4.82. The van der Waals surface area contributed by atoms with E-state index in [1.807, 2.05) is 6.92 Å². The van der Waals surface area contributed by atoms with Crippen LogP contribution in [0.15, 0.2) is 30.3 Å². The molecule has 0 heterocycles. The van der Waals surface area contributed by atoms with Crippen molar-refractivity contribution in [3.05, 3.63) is 35.9 Å². The van der Waals surface area contributed by atoms with Crippen LogP contribution in [0.1, 0.15) is 30.6 Å². The molecule has 1 rings (SSSR count). The fraction of sp³-hybridized carbons (Fsp3) is 0.400. The maximum atomic E-state index is 11.8. The van der Waals surface area contributed by atoms with E-state index in [1.165, 1.54) is 0 Å². The molecule has 0 radical (unpaired) electrons. The highest BCUT2D eigenvalue weighted by molar-refractivity contribution is 5.96. The van der Waals surface area contributed by atoms with Crippen molar-refractivity contribution in [3.63, 3.8) is 0 Å². The number of hydrogen-bond donors (Lipinski definition) is 3. The second kappa shape index (κ2) is 8.04. The molecule has 0 aliphatic heterocycles. The Balaban J connectivity index is 2.50. The summed E-state index contributed by atoms with van der Waals surface area (Å²) in [5, 5.41) is 14.0. The van der Waals surface area contributed by atoms with E-state index >= 15 is 0 Å². The van der Waals surface area contributed by atoms with E-state index in [0.717, 1.165) is 0 Å². The van der Waals surface area contributed by atoms with Crippen LogP contribution in [0, 0.1) is 5.92 Å². The summed E-state index contributed by atoms with van der Waals surface area (Å²) < 4.78 is 0. The molecule has 0 spiro atoms. The standard InChI is InChI=1S/C15H20N2O4/c1-3-10(2)13(15(20)21)17-12(18)9-16-14(19)11-7-5-4-6-8-11/h4-8,10,13H,3,9H2,1-2H3,(H,16,19)(H,17,18)(H,20,21). The highest BCUT2D eigenvalue weighted by atomic mass is 16.4.